The van der Waals surface area contributed by atoms with Crippen LogP contribution in [0.4, 0.5) is 8.78 Å². The van der Waals surface area contributed by atoms with Gasteiger partial charge < -0.3 is 18.9 Å². The minimum atomic E-state index is -3.68. The Hall–Kier alpha value is -2.85. The van der Waals surface area contributed by atoms with Gasteiger partial charge in [-0.05, 0) is 42.8 Å². The van der Waals surface area contributed by atoms with Crippen LogP contribution in [0.15, 0.2) is 36.4 Å². The molecule has 0 aromatic heterocycles. The summed E-state index contributed by atoms with van der Waals surface area (Å²) in [6.07, 6.45) is -3.68. The number of nitrogens with zero attached hydrogens (tertiary/aromatic N) is 1. The molecule has 0 saturated carbocycles. The van der Waals surface area contributed by atoms with Gasteiger partial charge in [-0.1, -0.05) is 6.07 Å². The summed E-state index contributed by atoms with van der Waals surface area (Å²) in [6, 6.07) is 11.3. The first kappa shape index (κ1) is 16.0. The van der Waals surface area contributed by atoms with Crippen LogP contribution in [0, 0.1) is 11.3 Å². The van der Waals surface area contributed by atoms with Crippen LogP contribution in [-0.2, 0) is 4.74 Å². The topological polar surface area (TPSA) is 60.7 Å². The average molecular weight is 333 g/mol. The fourth-order valence-corrected chi connectivity index (χ4v) is 2.26. The van der Waals surface area contributed by atoms with Gasteiger partial charge in [-0.25, -0.2) is 0 Å². The number of halogens is 2. The minimum absolute atomic E-state index is 0.0397. The summed E-state index contributed by atoms with van der Waals surface area (Å²) in [5.41, 5.74) is 1.53. The first-order chi connectivity index (χ1) is 11.5. The van der Waals surface area contributed by atoms with Gasteiger partial charge in [-0.2, -0.15) is 5.26 Å². The van der Waals surface area contributed by atoms with Crippen LogP contribution in [0.1, 0.15) is 12.5 Å². The summed E-state index contributed by atoms with van der Waals surface area (Å²) in [5, 5.41) is 9.08. The van der Waals surface area contributed by atoms with Crippen molar-refractivity contribution >= 4 is 0 Å². The zero-order valence-electron chi connectivity index (χ0n) is 12.7. The molecule has 0 amide bonds. The Morgan fingerprint density at radius 3 is 2.67 bits per heavy atom. The van der Waals surface area contributed by atoms with E-state index in [4.69, 9.17) is 14.7 Å². The van der Waals surface area contributed by atoms with E-state index >= 15 is 0 Å². The fourth-order valence-electron chi connectivity index (χ4n) is 2.26. The molecule has 124 valence electrons. The predicted molar refractivity (Wildman–Crippen MR) is 79.9 cm³/mol. The normalized spacial score (nSPS) is 14.2. The van der Waals surface area contributed by atoms with Crippen molar-refractivity contribution in [2.75, 3.05) is 13.4 Å². The van der Waals surface area contributed by atoms with Crippen LogP contribution in [0.2, 0.25) is 0 Å². The van der Waals surface area contributed by atoms with Crippen LogP contribution in [-0.4, -0.2) is 19.7 Å². The Balaban J connectivity index is 1.98. The molecule has 1 aliphatic heterocycles. The molecule has 0 saturated heterocycles. The number of rotatable bonds is 5. The lowest BCUT2D eigenvalue weighted by atomic mass is 10.0. The molecule has 0 N–H and O–H groups in total. The Morgan fingerprint density at radius 2 is 1.92 bits per heavy atom. The third-order valence-electron chi connectivity index (χ3n) is 3.32. The lowest BCUT2D eigenvalue weighted by Crippen LogP contribution is -2.25. The molecule has 0 fully saturated rings. The number of ether oxygens (including phenoxy) is 4. The zero-order chi connectivity index (χ0) is 17.2. The van der Waals surface area contributed by atoms with Crippen LogP contribution >= 0.6 is 0 Å². The smallest absolute Gasteiger partial charge is 0.467 e. The van der Waals surface area contributed by atoms with Gasteiger partial charge in [0.2, 0.25) is 0 Å². The van der Waals surface area contributed by atoms with Crippen LogP contribution in [0.25, 0.3) is 11.1 Å². The number of alkyl halides is 2. The molecule has 1 heterocycles. The summed E-state index contributed by atoms with van der Waals surface area (Å²) in [7, 11) is 0. The average Bonchev–Trinajstić information content (AvgIpc) is 2.88. The van der Waals surface area contributed by atoms with Gasteiger partial charge in [0.25, 0.3) is 0 Å². The van der Waals surface area contributed by atoms with E-state index in [1.807, 2.05) is 13.0 Å². The fraction of sp³-hybridized carbons (Fsp3) is 0.235. The van der Waals surface area contributed by atoms with E-state index in [1.54, 1.807) is 24.3 Å². The summed E-state index contributed by atoms with van der Waals surface area (Å²) >= 11 is 0. The monoisotopic (exact) mass is 333 g/mol. The number of nitriles is 1. The zero-order valence-corrected chi connectivity index (χ0v) is 12.7. The van der Waals surface area contributed by atoms with Gasteiger partial charge in [0.1, 0.15) is 5.75 Å². The quantitative estimate of drug-likeness (QED) is 0.613. The third-order valence-corrected chi connectivity index (χ3v) is 3.32. The van der Waals surface area contributed by atoms with Gasteiger partial charge in [0.15, 0.2) is 18.3 Å². The molecule has 24 heavy (non-hydrogen) atoms. The predicted octanol–water partition coefficient (Wildman–Crippen LogP) is 3.92. The van der Waals surface area contributed by atoms with E-state index in [2.05, 4.69) is 9.47 Å². The Bertz CT molecular complexity index is 802. The second-order valence-electron chi connectivity index (χ2n) is 4.91. The van der Waals surface area contributed by atoms with Gasteiger partial charge in [-0.3, -0.25) is 0 Å². The molecule has 0 bridgehead atoms. The van der Waals surface area contributed by atoms with Crippen molar-refractivity contribution in [3.63, 3.8) is 0 Å². The highest BCUT2D eigenvalue weighted by molar-refractivity contribution is 5.74. The summed E-state index contributed by atoms with van der Waals surface area (Å²) in [6.45, 7) is 2.36. The van der Waals surface area contributed by atoms with E-state index in [0.717, 1.165) is 0 Å². The number of hydrogen-bond donors (Lipinski definition) is 0. The third kappa shape index (κ3) is 3.24. The van der Waals surface area contributed by atoms with E-state index < -0.39 is 6.29 Å². The second-order valence-corrected chi connectivity index (χ2v) is 4.91. The van der Waals surface area contributed by atoms with E-state index in [1.165, 1.54) is 12.1 Å². The Labute approximate surface area is 136 Å². The van der Waals surface area contributed by atoms with Crippen molar-refractivity contribution in [1.82, 2.24) is 0 Å². The maximum atomic E-state index is 13.1. The molecule has 0 atom stereocenters. The van der Waals surface area contributed by atoms with Crippen molar-refractivity contribution in [2.24, 2.45) is 0 Å². The molecule has 2 aromatic carbocycles. The van der Waals surface area contributed by atoms with E-state index in [0.29, 0.717) is 29.0 Å². The van der Waals surface area contributed by atoms with Gasteiger partial charge in [0.05, 0.1) is 11.6 Å². The largest absolute Gasteiger partial charge is 0.586 e. The van der Waals surface area contributed by atoms with Crippen molar-refractivity contribution < 1.29 is 27.7 Å². The summed E-state index contributed by atoms with van der Waals surface area (Å²) in [5.74, 6) is 0.348. The highest BCUT2D eigenvalue weighted by Gasteiger charge is 2.43. The molecule has 0 unspecified atom stereocenters. The molecule has 7 heteroatoms. The van der Waals surface area contributed by atoms with E-state index in [9.17, 15) is 8.78 Å². The summed E-state index contributed by atoms with van der Waals surface area (Å²) in [4.78, 5) is 0. The van der Waals surface area contributed by atoms with Gasteiger partial charge >= 0.3 is 6.29 Å². The van der Waals surface area contributed by atoms with Crippen LogP contribution in [0.5, 0.6) is 17.2 Å². The second kappa shape index (κ2) is 6.34. The molecule has 0 aliphatic carbocycles. The SMILES string of the molecule is CCOCOc1ccc(C#N)cc1-c1ccc2c(c1)OC(F)(F)O2. The molecule has 0 spiro atoms. The first-order valence-electron chi connectivity index (χ1n) is 7.17. The standard InChI is InChI=1S/C17H13F2NO4/c1-2-21-10-22-14-5-3-11(9-20)7-13(14)12-4-6-15-16(8-12)24-17(18,19)23-15/h3-8H,2,10H2,1H3. The van der Waals surface area contributed by atoms with Gasteiger partial charge in [0, 0.05) is 12.2 Å². The number of benzene rings is 2. The molecular formula is C17H13F2NO4. The molecule has 0 radical (unpaired) electrons. The van der Waals surface area contributed by atoms with Gasteiger partial charge in [-0.15, -0.1) is 8.78 Å². The van der Waals surface area contributed by atoms with Crippen molar-refractivity contribution in [1.29, 1.82) is 5.26 Å². The van der Waals surface area contributed by atoms with Crippen molar-refractivity contribution in [2.45, 2.75) is 13.2 Å². The minimum Gasteiger partial charge on any atom is -0.467 e. The number of fused-ring (bicyclic) bond motifs is 1. The number of hydrogen-bond acceptors (Lipinski definition) is 5. The van der Waals surface area contributed by atoms with Crippen LogP contribution in [0.3, 0.4) is 0 Å². The summed E-state index contributed by atoms with van der Waals surface area (Å²) < 4.78 is 45.8. The highest BCUT2D eigenvalue weighted by Crippen LogP contribution is 2.44. The molecule has 2 aromatic rings. The lowest BCUT2D eigenvalue weighted by Gasteiger charge is -2.12. The molecule has 5 nitrogen and oxygen atoms in total. The van der Waals surface area contributed by atoms with Crippen LogP contribution < -0.4 is 14.2 Å². The lowest BCUT2D eigenvalue weighted by molar-refractivity contribution is -0.286. The maximum absolute atomic E-state index is 13.1. The maximum Gasteiger partial charge on any atom is 0.586 e. The highest BCUT2D eigenvalue weighted by atomic mass is 19.3. The Kier molecular flexibility index (Phi) is 4.23. The first-order valence-corrected chi connectivity index (χ1v) is 7.17. The van der Waals surface area contributed by atoms with E-state index in [-0.39, 0.29) is 18.3 Å². The molecule has 1 aliphatic rings. The molecule has 3 rings (SSSR count). The van der Waals surface area contributed by atoms with Crippen molar-refractivity contribution in [3.05, 3.63) is 42.0 Å². The Morgan fingerprint density at radius 1 is 1.12 bits per heavy atom. The molecular weight excluding hydrogens is 320 g/mol. The van der Waals surface area contributed by atoms with Crippen molar-refractivity contribution in [3.8, 4) is 34.4 Å².